The average molecular weight is 214 g/mol. The molecule has 0 aliphatic heterocycles. The maximum atomic E-state index is 11.9. The minimum Gasteiger partial charge on any atom is -0.472 e. The maximum absolute atomic E-state index is 11.9. The Kier molecular flexibility index (Phi) is 2.77. The van der Waals surface area contributed by atoms with Gasteiger partial charge in [0.05, 0.1) is 11.8 Å². The molecule has 1 saturated carbocycles. The Labute approximate surface area is 87.6 Å². The summed E-state index contributed by atoms with van der Waals surface area (Å²) in [7, 11) is 0. The highest BCUT2D eigenvalue weighted by Gasteiger charge is 2.32. The zero-order valence-electron chi connectivity index (χ0n) is 7.78. The van der Waals surface area contributed by atoms with Gasteiger partial charge in [-0.05, 0) is 18.9 Å². The van der Waals surface area contributed by atoms with Crippen LogP contribution in [0.15, 0.2) is 23.0 Å². The van der Waals surface area contributed by atoms with Gasteiger partial charge in [-0.15, -0.1) is 11.6 Å². The molecule has 0 unspecified atom stereocenters. The monoisotopic (exact) mass is 213 g/mol. The first kappa shape index (κ1) is 9.59. The molecule has 0 aromatic carbocycles. The second kappa shape index (κ2) is 4.05. The number of rotatable bonds is 4. The van der Waals surface area contributed by atoms with Gasteiger partial charge in [-0.1, -0.05) is 0 Å². The summed E-state index contributed by atoms with van der Waals surface area (Å²) in [6, 6.07) is 2.09. The molecule has 76 valence electrons. The lowest BCUT2D eigenvalue weighted by Crippen LogP contribution is -2.34. The predicted octanol–water partition coefficient (Wildman–Crippen LogP) is 2.12. The minimum atomic E-state index is 0.0295. The third-order valence-electron chi connectivity index (χ3n) is 2.34. The molecule has 0 spiro atoms. The van der Waals surface area contributed by atoms with Gasteiger partial charge in [-0.2, -0.15) is 0 Å². The minimum absolute atomic E-state index is 0.0295. The molecule has 0 saturated heterocycles. The molecule has 2 rings (SSSR count). The second-order valence-electron chi connectivity index (χ2n) is 3.43. The highest BCUT2D eigenvalue weighted by Crippen LogP contribution is 2.28. The molecule has 1 amide bonds. The van der Waals surface area contributed by atoms with Crippen molar-refractivity contribution >= 4 is 17.5 Å². The average Bonchev–Trinajstić information content (AvgIpc) is 2.88. The molecule has 14 heavy (non-hydrogen) atoms. The van der Waals surface area contributed by atoms with E-state index in [1.165, 1.54) is 12.5 Å². The second-order valence-corrected chi connectivity index (χ2v) is 3.81. The Morgan fingerprint density at radius 1 is 1.64 bits per heavy atom. The molecule has 1 heterocycles. The smallest absolute Gasteiger partial charge is 0.257 e. The van der Waals surface area contributed by atoms with Gasteiger partial charge in [0.15, 0.2) is 0 Å². The molecule has 0 radical (unpaired) electrons. The quantitative estimate of drug-likeness (QED) is 0.718. The van der Waals surface area contributed by atoms with Gasteiger partial charge < -0.3 is 9.32 Å². The summed E-state index contributed by atoms with van der Waals surface area (Å²) in [6.45, 7) is 0.621. The topological polar surface area (TPSA) is 33.5 Å². The third-order valence-corrected chi connectivity index (χ3v) is 2.51. The molecule has 1 aromatic rings. The lowest BCUT2D eigenvalue weighted by molar-refractivity contribution is 0.0753. The van der Waals surface area contributed by atoms with Crippen LogP contribution in [0.3, 0.4) is 0 Å². The summed E-state index contributed by atoms with van der Waals surface area (Å²) in [5.74, 6) is 0.516. The zero-order valence-corrected chi connectivity index (χ0v) is 8.54. The van der Waals surface area contributed by atoms with E-state index in [9.17, 15) is 4.79 Å². The lowest BCUT2D eigenvalue weighted by atomic mass is 10.3. The summed E-state index contributed by atoms with van der Waals surface area (Å²) >= 11 is 5.66. The summed E-state index contributed by atoms with van der Waals surface area (Å²) < 4.78 is 4.88. The van der Waals surface area contributed by atoms with Crippen LogP contribution in [0, 0.1) is 0 Å². The number of nitrogens with zero attached hydrogens (tertiary/aromatic N) is 1. The summed E-state index contributed by atoms with van der Waals surface area (Å²) in [5.41, 5.74) is 0.613. The van der Waals surface area contributed by atoms with Crippen molar-refractivity contribution in [2.45, 2.75) is 18.9 Å². The molecule has 1 fully saturated rings. The van der Waals surface area contributed by atoms with E-state index in [1.54, 1.807) is 6.07 Å². The van der Waals surface area contributed by atoms with Gasteiger partial charge in [0.25, 0.3) is 5.91 Å². The van der Waals surface area contributed by atoms with Gasteiger partial charge >= 0.3 is 0 Å². The van der Waals surface area contributed by atoms with E-state index in [0.29, 0.717) is 24.0 Å². The van der Waals surface area contributed by atoms with Crippen LogP contribution in [0.5, 0.6) is 0 Å². The largest absolute Gasteiger partial charge is 0.472 e. The summed E-state index contributed by atoms with van der Waals surface area (Å²) in [5, 5.41) is 0. The van der Waals surface area contributed by atoms with Gasteiger partial charge in [0, 0.05) is 18.5 Å². The van der Waals surface area contributed by atoms with Crippen molar-refractivity contribution in [3.05, 3.63) is 24.2 Å². The Balaban J connectivity index is 2.07. The molecule has 3 nitrogen and oxygen atoms in total. The zero-order chi connectivity index (χ0) is 9.97. The molecule has 4 heteroatoms. The Morgan fingerprint density at radius 2 is 2.43 bits per heavy atom. The van der Waals surface area contributed by atoms with Crippen LogP contribution in [0.4, 0.5) is 0 Å². The van der Waals surface area contributed by atoms with Crippen LogP contribution in [-0.2, 0) is 0 Å². The van der Waals surface area contributed by atoms with Crippen LogP contribution in [0.2, 0.25) is 0 Å². The number of carbonyl (C=O) groups is 1. The van der Waals surface area contributed by atoms with Gasteiger partial charge in [0.1, 0.15) is 6.26 Å². The van der Waals surface area contributed by atoms with E-state index in [1.807, 2.05) is 4.90 Å². The third kappa shape index (κ3) is 1.93. The molecule has 0 atom stereocenters. The van der Waals surface area contributed by atoms with Crippen molar-refractivity contribution in [1.82, 2.24) is 4.90 Å². The maximum Gasteiger partial charge on any atom is 0.257 e. The van der Waals surface area contributed by atoms with Crippen LogP contribution >= 0.6 is 11.6 Å². The normalized spacial score (nSPS) is 15.5. The Hall–Kier alpha value is -0.960. The number of furan rings is 1. The highest BCUT2D eigenvalue weighted by molar-refractivity contribution is 6.18. The van der Waals surface area contributed by atoms with E-state index in [-0.39, 0.29) is 5.91 Å². The lowest BCUT2D eigenvalue weighted by Gasteiger charge is -2.20. The molecular formula is C10H12ClNO2. The fourth-order valence-electron chi connectivity index (χ4n) is 1.48. The van der Waals surface area contributed by atoms with Crippen LogP contribution < -0.4 is 0 Å². The van der Waals surface area contributed by atoms with E-state index in [2.05, 4.69) is 0 Å². The fourth-order valence-corrected chi connectivity index (χ4v) is 1.66. The van der Waals surface area contributed by atoms with Crippen LogP contribution in [0.1, 0.15) is 23.2 Å². The number of hydrogen-bond acceptors (Lipinski definition) is 2. The molecular weight excluding hydrogens is 202 g/mol. The number of carbonyl (C=O) groups excluding carboxylic acids is 1. The SMILES string of the molecule is O=C(c1ccoc1)N(CCCl)C1CC1. The van der Waals surface area contributed by atoms with Crippen molar-refractivity contribution in [3.63, 3.8) is 0 Å². The van der Waals surface area contributed by atoms with Gasteiger partial charge in [0.2, 0.25) is 0 Å². The number of amides is 1. The molecule has 0 N–H and O–H groups in total. The van der Waals surface area contributed by atoms with E-state index < -0.39 is 0 Å². The first-order chi connectivity index (χ1) is 6.83. The van der Waals surface area contributed by atoms with E-state index in [4.69, 9.17) is 16.0 Å². The number of hydrogen-bond donors (Lipinski definition) is 0. The van der Waals surface area contributed by atoms with Crippen LogP contribution in [0.25, 0.3) is 0 Å². The van der Waals surface area contributed by atoms with E-state index in [0.717, 1.165) is 12.8 Å². The van der Waals surface area contributed by atoms with Crippen molar-refractivity contribution in [1.29, 1.82) is 0 Å². The summed E-state index contributed by atoms with van der Waals surface area (Å²) in [6.07, 6.45) is 5.19. The molecule has 0 bridgehead atoms. The Morgan fingerprint density at radius 3 is 2.93 bits per heavy atom. The van der Waals surface area contributed by atoms with Gasteiger partial charge in [-0.3, -0.25) is 4.79 Å². The van der Waals surface area contributed by atoms with Crippen molar-refractivity contribution in [3.8, 4) is 0 Å². The fraction of sp³-hybridized carbons (Fsp3) is 0.500. The Bertz CT molecular complexity index is 306. The summed E-state index contributed by atoms with van der Waals surface area (Å²) in [4.78, 5) is 13.7. The first-order valence-electron chi connectivity index (χ1n) is 4.72. The molecule has 1 aromatic heterocycles. The van der Waals surface area contributed by atoms with Crippen molar-refractivity contribution in [2.24, 2.45) is 0 Å². The highest BCUT2D eigenvalue weighted by atomic mass is 35.5. The van der Waals surface area contributed by atoms with Crippen molar-refractivity contribution in [2.75, 3.05) is 12.4 Å². The predicted molar refractivity (Wildman–Crippen MR) is 53.5 cm³/mol. The van der Waals surface area contributed by atoms with Crippen molar-refractivity contribution < 1.29 is 9.21 Å². The van der Waals surface area contributed by atoms with Crippen LogP contribution in [-0.4, -0.2) is 29.3 Å². The van der Waals surface area contributed by atoms with Gasteiger partial charge in [-0.25, -0.2) is 0 Å². The number of halogens is 1. The molecule has 1 aliphatic carbocycles. The standard InChI is InChI=1S/C10H12ClNO2/c11-4-5-12(9-1-2-9)10(13)8-3-6-14-7-8/h3,6-7,9H,1-2,4-5H2. The first-order valence-corrected chi connectivity index (χ1v) is 5.25. The molecule has 1 aliphatic rings. The van der Waals surface area contributed by atoms with E-state index >= 15 is 0 Å². The number of alkyl halides is 1.